The second-order valence-electron chi connectivity index (χ2n) is 6.89. The summed E-state index contributed by atoms with van der Waals surface area (Å²) in [6, 6.07) is 3.90. The maximum atomic E-state index is 6.05. The predicted molar refractivity (Wildman–Crippen MR) is 107 cm³/mol. The third kappa shape index (κ3) is 2.94. The van der Waals surface area contributed by atoms with Gasteiger partial charge in [-0.3, -0.25) is 5.10 Å². The van der Waals surface area contributed by atoms with Gasteiger partial charge in [0, 0.05) is 29.8 Å². The summed E-state index contributed by atoms with van der Waals surface area (Å²) in [5.74, 6) is 1.01. The van der Waals surface area contributed by atoms with E-state index < -0.39 is 0 Å². The number of aromatic amines is 1. The van der Waals surface area contributed by atoms with Gasteiger partial charge in [0.2, 0.25) is 11.6 Å². The van der Waals surface area contributed by atoms with Crippen molar-refractivity contribution in [2.24, 2.45) is 0 Å². The van der Waals surface area contributed by atoms with Gasteiger partial charge in [0.15, 0.2) is 5.75 Å². The van der Waals surface area contributed by atoms with Crippen molar-refractivity contribution in [3.63, 3.8) is 0 Å². The number of imidazole rings is 1. The summed E-state index contributed by atoms with van der Waals surface area (Å²) in [7, 11) is 0. The van der Waals surface area contributed by atoms with Crippen LogP contribution in [-0.2, 0) is 0 Å². The summed E-state index contributed by atoms with van der Waals surface area (Å²) in [5.41, 5.74) is 4.85. The Morgan fingerprint density at radius 1 is 1.21 bits per heavy atom. The van der Waals surface area contributed by atoms with Gasteiger partial charge in [-0.05, 0) is 32.9 Å². The molecule has 5 aromatic heterocycles. The molecule has 5 rings (SSSR count). The molecular formula is C19H19N9O. The summed E-state index contributed by atoms with van der Waals surface area (Å²) in [6.07, 6.45) is 8.73. The first kappa shape index (κ1) is 17.2. The van der Waals surface area contributed by atoms with E-state index in [2.05, 4.69) is 35.6 Å². The highest BCUT2D eigenvalue weighted by molar-refractivity contribution is 5.74. The van der Waals surface area contributed by atoms with Crippen LogP contribution in [0.2, 0.25) is 0 Å². The maximum absolute atomic E-state index is 6.05. The molecule has 0 saturated carbocycles. The summed E-state index contributed by atoms with van der Waals surface area (Å²) in [4.78, 5) is 13.5. The van der Waals surface area contributed by atoms with Crippen molar-refractivity contribution in [3.05, 3.63) is 48.9 Å². The standard InChI is InChI=1S/C19H19N9O/c1-11(2)29-17-16(13-8-22-23-9-13)21-10-28-18(17)25-19(26-28)24-14-4-5-15-20-6-7-27(15)12(14)3/h4-11H,1-3H3,(H,22,23)(H,24,26). The summed E-state index contributed by atoms with van der Waals surface area (Å²) >= 11 is 0. The number of hydrogen-bond acceptors (Lipinski definition) is 7. The Morgan fingerprint density at radius 2 is 2.10 bits per heavy atom. The van der Waals surface area contributed by atoms with Crippen molar-refractivity contribution >= 4 is 22.9 Å². The number of nitrogens with one attached hydrogen (secondary N) is 2. The van der Waals surface area contributed by atoms with Crippen molar-refractivity contribution in [1.82, 2.24) is 39.2 Å². The maximum Gasteiger partial charge on any atom is 0.247 e. The number of aromatic nitrogens is 8. The number of anilines is 2. The Hall–Kier alpha value is -3.95. The molecule has 146 valence electrons. The molecule has 0 spiro atoms. The van der Waals surface area contributed by atoms with Crippen molar-refractivity contribution in [1.29, 1.82) is 0 Å². The first-order valence-corrected chi connectivity index (χ1v) is 9.21. The van der Waals surface area contributed by atoms with E-state index in [1.165, 1.54) is 0 Å². The number of rotatable bonds is 5. The van der Waals surface area contributed by atoms with Gasteiger partial charge in [-0.1, -0.05) is 0 Å². The molecule has 2 N–H and O–H groups in total. The van der Waals surface area contributed by atoms with Gasteiger partial charge in [0.05, 0.1) is 18.0 Å². The molecule has 0 fully saturated rings. The highest BCUT2D eigenvalue weighted by atomic mass is 16.5. The molecule has 0 saturated heterocycles. The fourth-order valence-corrected chi connectivity index (χ4v) is 3.20. The minimum atomic E-state index is -0.0485. The molecule has 10 heteroatoms. The van der Waals surface area contributed by atoms with E-state index in [4.69, 9.17) is 4.74 Å². The summed E-state index contributed by atoms with van der Waals surface area (Å²) < 4.78 is 9.66. The Morgan fingerprint density at radius 3 is 2.90 bits per heavy atom. The predicted octanol–water partition coefficient (Wildman–Crippen LogP) is 3.00. The lowest BCUT2D eigenvalue weighted by Gasteiger charge is -2.12. The van der Waals surface area contributed by atoms with Gasteiger partial charge in [0.1, 0.15) is 17.7 Å². The third-order valence-electron chi connectivity index (χ3n) is 4.54. The van der Waals surface area contributed by atoms with E-state index in [9.17, 15) is 0 Å². The minimum Gasteiger partial charge on any atom is -0.485 e. The topological polar surface area (TPSA) is 110 Å². The number of hydrogen-bond donors (Lipinski definition) is 2. The molecule has 0 radical (unpaired) electrons. The van der Waals surface area contributed by atoms with E-state index in [1.54, 1.807) is 29.4 Å². The van der Waals surface area contributed by atoms with Crippen LogP contribution in [0.4, 0.5) is 11.6 Å². The van der Waals surface area contributed by atoms with E-state index in [0.29, 0.717) is 23.0 Å². The quantitative estimate of drug-likeness (QED) is 0.475. The zero-order valence-electron chi connectivity index (χ0n) is 16.2. The van der Waals surface area contributed by atoms with Crippen molar-refractivity contribution in [2.45, 2.75) is 26.9 Å². The lowest BCUT2D eigenvalue weighted by Crippen LogP contribution is -2.09. The van der Waals surface area contributed by atoms with E-state index in [0.717, 1.165) is 22.6 Å². The average Bonchev–Trinajstić information content (AvgIpc) is 3.43. The first-order chi connectivity index (χ1) is 14.1. The van der Waals surface area contributed by atoms with E-state index >= 15 is 0 Å². The summed E-state index contributed by atoms with van der Waals surface area (Å²) in [6.45, 7) is 5.93. The molecule has 0 atom stereocenters. The Labute approximate surface area is 165 Å². The van der Waals surface area contributed by atoms with E-state index in [1.807, 2.05) is 43.5 Å². The Balaban J connectivity index is 1.59. The number of ether oxygens (including phenoxy) is 1. The molecule has 0 aliphatic heterocycles. The second kappa shape index (κ2) is 6.59. The molecule has 5 aromatic rings. The molecule has 10 nitrogen and oxygen atoms in total. The monoisotopic (exact) mass is 389 g/mol. The van der Waals surface area contributed by atoms with Crippen LogP contribution in [0, 0.1) is 6.92 Å². The zero-order valence-corrected chi connectivity index (χ0v) is 16.2. The molecule has 0 unspecified atom stereocenters. The number of aryl methyl sites for hydroxylation is 1. The van der Waals surface area contributed by atoms with E-state index in [-0.39, 0.29) is 6.10 Å². The van der Waals surface area contributed by atoms with Crippen LogP contribution in [0.1, 0.15) is 19.5 Å². The van der Waals surface area contributed by atoms with Crippen LogP contribution < -0.4 is 10.1 Å². The number of fused-ring (bicyclic) bond motifs is 2. The first-order valence-electron chi connectivity index (χ1n) is 9.21. The SMILES string of the molecule is Cc1c(Nc2nc3c(OC(C)C)c(-c4cn[nH]c4)ncn3n2)ccc2nccn12. The third-order valence-corrected chi connectivity index (χ3v) is 4.54. The highest BCUT2D eigenvalue weighted by Gasteiger charge is 2.19. The average molecular weight is 389 g/mol. The molecule has 0 aliphatic carbocycles. The van der Waals surface area contributed by atoms with Crippen LogP contribution in [0.5, 0.6) is 5.75 Å². The molecule has 29 heavy (non-hydrogen) atoms. The van der Waals surface area contributed by atoms with Crippen molar-refractivity contribution in [2.75, 3.05) is 5.32 Å². The smallest absolute Gasteiger partial charge is 0.247 e. The molecule has 0 aromatic carbocycles. The van der Waals surface area contributed by atoms with Gasteiger partial charge in [-0.15, -0.1) is 5.10 Å². The molecule has 5 heterocycles. The largest absolute Gasteiger partial charge is 0.485 e. The van der Waals surface area contributed by atoms with Crippen LogP contribution >= 0.6 is 0 Å². The molecule has 0 bridgehead atoms. The minimum absolute atomic E-state index is 0.0485. The number of pyridine rings is 1. The Bertz CT molecular complexity index is 1300. The zero-order chi connectivity index (χ0) is 20.0. The van der Waals surface area contributed by atoms with Crippen LogP contribution in [0.15, 0.2) is 43.2 Å². The molecular weight excluding hydrogens is 370 g/mol. The molecule has 0 amide bonds. The summed E-state index contributed by atoms with van der Waals surface area (Å²) in [5, 5.41) is 14.6. The lowest BCUT2D eigenvalue weighted by atomic mass is 10.2. The van der Waals surface area contributed by atoms with Crippen LogP contribution in [0.25, 0.3) is 22.6 Å². The second-order valence-corrected chi connectivity index (χ2v) is 6.89. The van der Waals surface area contributed by atoms with Gasteiger partial charge >= 0.3 is 0 Å². The van der Waals surface area contributed by atoms with Crippen LogP contribution in [-0.4, -0.2) is 45.3 Å². The highest BCUT2D eigenvalue weighted by Crippen LogP contribution is 2.32. The normalized spacial score (nSPS) is 11.6. The van der Waals surface area contributed by atoms with Gasteiger partial charge in [0.25, 0.3) is 0 Å². The molecule has 0 aliphatic rings. The van der Waals surface area contributed by atoms with Gasteiger partial charge < -0.3 is 14.5 Å². The van der Waals surface area contributed by atoms with Gasteiger partial charge in [-0.25, -0.2) is 9.97 Å². The number of nitrogens with zero attached hydrogens (tertiary/aromatic N) is 7. The van der Waals surface area contributed by atoms with Crippen LogP contribution in [0.3, 0.4) is 0 Å². The fourth-order valence-electron chi connectivity index (χ4n) is 3.20. The lowest BCUT2D eigenvalue weighted by molar-refractivity contribution is 0.244. The van der Waals surface area contributed by atoms with Crippen molar-refractivity contribution < 1.29 is 4.74 Å². The number of H-pyrrole nitrogens is 1. The Kier molecular flexibility index (Phi) is 3.90. The fraction of sp³-hybridized carbons (Fsp3) is 0.211. The van der Waals surface area contributed by atoms with Crippen molar-refractivity contribution in [3.8, 4) is 17.0 Å². The van der Waals surface area contributed by atoms with Gasteiger partial charge in [-0.2, -0.15) is 14.6 Å².